The fourth-order valence-corrected chi connectivity index (χ4v) is 6.45. The van der Waals surface area contributed by atoms with Crippen LogP contribution in [-0.4, -0.2) is 60.0 Å². The molecule has 1 spiro atoms. The standard InChI is InChI=1S/C27H35ClN6O2S/c1-18-24(29)27(17-36-18)9-2-3-12-34(13-10-27)22-16-32-26(25(30)33-22)37-21-6-11-31-20(23(21)28)5-4-19-7-14-35-15-8-19/h6,11,16,18-19,24H,2-3,7-10,12-15,17,29H2,1H3,(H2,30,33)/t18-,24+,27?/m0/s1. The Hall–Kier alpha value is -2.09. The third-order valence-electron chi connectivity index (χ3n) is 7.83. The number of nitrogen functional groups attached to an aromatic ring is 1. The number of aromatic nitrogens is 3. The molecule has 0 radical (unpaired) electrons. The van der Waals surface area contributed by atoms with E-state index in [-0.39, 0.29) is 17.6 Å². The van der Waals surface area contributed by atoms with Crippen molar-refractivity contribution in [2.75, 3.05) is 43.5 Å². The summed E-state index contributed by atoms with van der Waals surface area (Å²) in [4.78, 5) is 16.8. The number of ether oxygens (including phenoxy) is 2. The second kappa shape index (κ2) is 11.7. The van der Waals surface area contributed by atoms with E-state index in [1.807, 2.05) is 12.3 Å². The van der Waals surface area contributed by atoms with Crippen LogP contribution in [-0.2, 0) is 9.47 Å². The lowest BCUT2D eigenvalue weighted by molar-refractivity contribution is 0.0807. The second-order valence-corrected chi connectivity index (χ2v) is 11.7. The van der Waals surface area contributed by atoms with Crippen molar-refractivity contribution >= 4 is 35.0 Å². The van der Waals surface area contributed by atoms with Gasteiger partial charge in [-0.15, -0.1) is 0 Å². The molecule has 2 aromatic rings. The van der Waals surface area contributed by atoms with Crippen molar-refractivity contribution in [1.29, 1.82) is 0 Å². The van der Waals surface area contributed by atoms with E-state index in [1.165, 1.54) is 11.8 Å². The van der Waals surface area contributed by atoms with E-state index in [0.29, 0.717) is 27.5 Å². The van der Waals surface area contributed by atoms with Crippen LogP contribution >= 0.6 is 23.4 Å². The van der Waals surface area contributed by atoms with Crippen LogP contribution in [0.5, 0.6) is 0 Å². The Morgan fingerprint density at radius 1 is 1.19 bits per heavy atom. The summed E-state index contributed by atoms with van der Waals surface area (Å²) in [5.41, 5.74) is 13.6. The molecule has 2 aromatic heterocycles. The maximum Gasteiger partial charge on any atom is 0.158 e. The number of nitrogens with zero attached hydrogens (tertiary/aromatic N) is 4. The smallest absolute Gasteiger partial charge is 0.158 e. The zero-order valence-corrected chi connectivity index (χ0v) is 22.9. The van der Waals surface area contributed by atoms with Gasteiger partial charge in [0.05, 0.1) is 23.9 Å². The largest absolute Gasteiger partial charge is 0.381 e. The zero-order valence-electron chi connectivity index (χ0n) is 21.3. The number of pyridine rings is 1. The third-order valence-corrected chi connectivity index (χ3v) is 9.39. The molecule has 10 heteroatoms. The molecular formula is C27H35ClN6O2S. The summed E-state index contributed by atoms with van der Waals surface area (Å²) >= 11 is 8.05. The van der Waals surface area contributed by atoms with Crippen LogP contribution in [0.1, 0.15) is 51.1 Å². The van der Waals surface area contributed by atoms with Crippen molar-refractivity contribution in [1.82, 2.24) is 15.0 Å². The summed E-state index contributed by atoms with van der Waals surface area (Å²) in [5.74, 6) is 7.95. The van der Waals surface area contributed by atoms with Crippen LogP contribution in [0, 0.1) is 23.2 Å². The minimum Gasteiger partial charge on any atom is -0.381 e. The van der Waals surface area contributed by atoms with E-state index >= 15 is 0 Å². The summed E-state index contributed by atoms with van der Waals surface area (Å²) in [6.07, 6.45) is 9.79. The Balaban J connectivity index is 1.28. The summed E-state index contributed by atoms with van der Waals surface area (Å²) in [7, 11) is 0. The number of hydrogen-bond acceptors (Lipinski definition) is 9. The van der Waals surface area contributed by atoms with Gasteiger partial charge in [-0.1, -0.05) is 35.7 Å². The molecule has 198 valence electrons. The van der Waals surface area contributed by atoms with Crippen LogP contribution in [0.15, 0.2) is 28.4 Å². The molecular weight excluding hydrogens is 508 g/mol. The molecule has 4 N–H and O–H groups in total. The van der Waals surface area contributed by atoms with Crippen LogP contribution in [0.2, 0.25) is 5.02 Å². The topological polar surface area (TPSA) is 112 Å². The highest BCUT2D eigenvalue weighted by Crippen LogP contribution is 2.41. The number of rotatable bonds is 3. The predicted molar refractivity (Wildman–Crippen MR) is 147 cm³/mol. The maximum absolute atomic E-state index is 6.67. The van der Waals surface area contributed by atoms with Gasteiger partial charge in [0.25, 0.3) is 0 Å². The van der Waals surface area contributed by atoms with E-state index in [1.54, 1.807) is 6.20 Å². The first kappa shape index (κ1) is 26.5. The van der Waals surface area contributed by atoms with E-state index in [4.69, 9.17) is 37.5 Å². The molecule has 3 saturated heterocycles. The van der Waals surface area contributed by atoms with Gasteiger partial charge in [0.1, 0.15) is 16.5 Å². The lowest BCUT2D eigenvalue weighted by Crippen LogP contribution is -2.46. The molecule has 3 aliphatic rings. The van der Waals surface area contributed by atoms with Crippen molar-refractivity contribution < 1.29 is 9.47 Å². The van der Waals surface area contributed by atoms with Crippen molar-refractivity contribution in [2.24, 2.45) is 17.1 Å². The molecule has 5 rings (SSSR count). The van der Waals surface area contributed by atoms with Gasteiger partial charge in [0.2, 0.25) is 0 Å². The Kier molecular flexibility index (Phi) is 8.42. The van der Waals surface area contributed by atoms with Crippen molar-refractivity contribution in [3.05, 3.63) is 29.2 Å². The molecule has 5 heterocycles. The van der Waals surface area contributed by atoms with E-state index < -0.39 is 0 Å². The van der Waals surface area contributed by atoms with E-state index in [2.05, 4.69) is 33.6 Å². The molecule has 0 aliphatic carbocycles. The molecule has 1 unspecified atom stereocenters. The molecule has 3 aliphatic heterocycles. The van der Waals surface area contributed by atoms with Crippen LogP contribution < -0.4 is 16.4 Å². The first-order valence-corrected chi connectivity index (χ1v) is 14.3. The van der Waals surface area contributed by atoms with Crippen molar-refractivity contribution in [3.8, 4) is 11.8 Å². The maximum atomic E-state index is 6.67. The Morgan fingerprint density at radius 3 is 2.78 bits per heavy atom. The van der Waals surface area contributed by atoms with Gasteiger partial charge in [-0.2, -0.15) is 0 Å². The van der Waals surface area contributed by atoms with E-state index in [0.717, 1.165) is 82.1 Å². The quantitative estimate of drug-likeness (QED) is 0.552. The van der Waals surface area contributed by atoms with Crippen LogP contribution in [0.3, 0.4) is 0 Å². The molecule has 0 saturated carbocycles. The second-order valence-electron chi connectivity index (χ2n) is 10.2. The molecule has 8 nitrogen and oxygen atoms in total. The minimum atomic E-state index is 0.0380. The van der Waals surface area contributed by atoms with Crippen LogP contribution in [0.25, 0.3) is 0 Å². The summed E-state index contributed by atoms with van der Waals surface area (Å²) in [6.45, 7) is 6.10. The zero-order chi connectivity index (χ0) is 25.8. The molecule has 0 amide bonds. The SMILES string of the molecule is C[C@@H]1OCC2(CCCCN(c3cnc(Sc4ccnc(C#CC5CCOCC5)c4Cl)c(N)n3)CC2)[C@@H]1N. The van der Waals surface area contributed by atoms with Crippen LogP contribution in [0.4, 0.5) is 11.6 Å². The molecule has 3 atom stereocenters. The van der Waals surface area contributed by atoms with Gasteiger partial charge < -0.3 is 25.8 Å². The fourth-order valence-electron chi connectivity index (χ4n) is 5.40. The number of halogens is 1. The van der Waals surface area contributed by atoms with Gasteiger partial charge in [-0.3, -0.25) is 0 Å². The number of anilines is 2. The first-order chi connectivity index (χ1) is 17.9. The third kappa shape index (κ3) is 5.99. The van der Waals surface area contributed by atoms with Gasteiger partial charge in [-0.05, 0) is 51.0 Å². The fraction of sp³-hybridized carbons (Fsp3) is 0.593. The highest BCUT2D eigenvalue weighted by Gasteiger charge is 2.45. The molecule has 3 fully saturated rings. The van der Waals surface area contributed by atoms with Gasteiger partial charge in [-0.25, -0.2) is 15.0 Å². The van der Waals surface area contributed by atoms with Crippen molar-refractivity contribution in [2.45, 2.75) is 67.5 Å². The molecule has 0 aromatic carbocycles. The summed E-state index contributed by atoms with van der Waals surface area (Å²) in [6, 6.07) is 1.92. The van der Waals surface area contributed by atoms with Gasteiger partial charge in [0, 0.05) is 54.8 Å². The minimum absolute atomic E-state index is 0.0380. The molecule has 0 bridgehead atoms. The molecule has 37 heavy (non-hydrogen) atoms. The van der Waals surface area contributed by atoms with Crippen molar-refractivity contribution in [3.63, 3.8) is 0 Å². The monoisotopic (exact) mass is 542 g/mol. The average molecular weight is 543 g/mol. The Morgan fingerprint density at radius 2 is 2.03 bits per heavy atom. The average Bonchev–Trinajstić information content (AvgIpc) is 3.18. The summed E-state index contributed by atoms with van der Waals surface area (Å²) < 4.78 is 11.3. The normalized spacial score (nSPS) is 26.9. The van der Waals surface area contributed by atoms with E-state index in [9.17, 15) is 0 Å². The van der Waals surface area contributed by atoms with Gasteiger partial charge in [0.15, 0.2) is 5.82 Å². The van der Waals surface area contributed by atoms with Gasteiger partial charge >= 0.3 is 0 Å². The highest BCUT2D eigenvalue weighted by atomic mass is 35.5. The predicted octanol–water partition coefficient (Wildman–Crippen LogP) is 4.15. The Labute approximate surface area is 228 Å². The highest BCUT2D eigenvalue weighted by molar-refractivity contribution is 7.99. The summed E-state index contributed by atoms with van der Waals surface area (Å²) in [5, 5.41) is 1.12. The lowest BCUT2D eigenvalue weighted by Gasteiger charge is -2.37. The number of hydrogen-bond donors (Lipinski definition) is 2. The number of nitrogens with two attached hydrogens (primary N) is 2. The first-order valence-electron chi connectivity index (χ1n) is 13.1. The lowest BCUT2D eigenvalue weighted by atomic mass is 9.73. The Bertz CT molecular complexity index is 1170.